The molecule has 122 valence electrons. The van der Waals surface area contributed by atoms with Gasteiger partial charge in [0.25, 0.3) is 0 Å². The average Bonchev–Trinajstić information content (AvgIpc) is 2.52. The van der Waals surface area contributed by atoms with Crippen LogP contribution in [0, 0.1) is 5.92 Å². The summed E-state index contributed by atoms with van der Waals surface area (Å²) in [5.41, 5.74) is 2.46. The van der Waals surface area contributed by atoms with Gasteiger partial charge in [-0.2, -0.15) is 4.89 Å². The monoisotopic (exact) mass is 296 g/mol. The van der Waals surface area contributed by atoms with Crippen LogP contribution in [-0.4, -0.2) is 12.9 Å². The predicted octanol–water partition coefficient (Wildman–Crippen LogP) is 5.55. The third-order valence-electron chi connectivity index (χ3n) is 3.67. The van der Waals surface area contributed by atoms with Gasteiger partial charge in [0.1, 0.15) is 6.61 Å². The maximum atomic E-state index is 5.78. The highest BCUT2D eigenvalue weighted by molar-refractivity contribution is 4.99. The van der Waals surface area contributed by atoms with Crippen LogP contribution in [0.3, 0.4) is 0 Å². The van der Waals surface area contributed by atoms with E-state index >= 15 is 0 Å². The molecule has 0 radical (unpaired) electrons. The Hall–Kier alpha value is -1.06. The van der Waals surface area contributed by atoms with Gasteiger partial charge in [-0.15, -0.1) is 6.58 Å². The SMILES string of the molecule is C=CC(CC)C(OC=C(CC)CC)OOCC(=CC)CC. The van der Waals surface area contributed by atoms with Crippen molar-refractivity contribution >= 4 is 0 Å². The molecule has 0 saturated carbocycles. The molecule has 0 aliphatic rings. The summed E-state index contributed by atoms with van der Waals surface area (Å²) < 4.78 is 5.78. The molecule has 0 saturated heterocycles. The Bertz CT molecular complexity index is 325. The first-order valence-electron chi connectivity index (χ1n) is 8.04. The first kappa shape index (κ1) is 19.9. The van der Waals surface area contributed by atoms with Crippen LogP contribution in [0.2, 0.25) is 0 Å². The molecule has 0 aromatic rings. The Labute approximate surface area is 130 Å². The van der Waals surface area contributed by atoms with Crippen LogP contribution in [0.25, 0.3) is 0 Å². The number of hydrogen-bond donors (Lipinski definition) is 0. The Balaban J connectivity index is 4.60. The van der Waals surface area contributed by atoms with Gasteiger partial charge in [-0.05, 0) is 43.8 Å². The van der Waals surface area contributed by atoms with Crippen LogP contribution < -0.4 is 0 Å². The van der Waals surface area contributed by atoms with E-state index < -0.39 is 6.29 Å². The Morgan fingerprint density at radius 1 is 1.05 bits per heavy atom. The number of hydrogen-bond acceptors (Lipinski definition) is 3. The molecule has 2 atom stereocenters. The summed E-state index contributed by atoms with van der Waals surface area (Å²) in [4.78, 5) is 10.8. The highest BCUT2D eigenvalue weighted by Gasteiger charge is 2.20. The molecule has 0 aromatic carbocycles. The Kier molecular flexibility index (Phi) is 12.0. The minimum Gasteiger partial charge on any atom is -0.469 e. The second-order valence-corrected chi connectivity index (χ2v) is 4.95. The van der Waals surface area contributed by atoms with Crippen LogP contribution >= 0.6 is 0 Å². The molecule has 0 bridgehead atoms. The van der Waals surface area contributed by atoms with Crippen molar-refractivity contribution in [1.29, 1.82) is 0 Å². The fourth-order valence-electron chi connectivity index (χ4n) is 1.81. The normalized spacial score (nSPS) is 14.4. The summed E-state index contributed by atoms with van der Waals surface area (Å²) in [7, 11) is 0. The average molecular weight is 296 g/mol. The second kappa shape index (κ2) is 12.7. The molecule has 0 aromatic heterocycles. The third kappa shape index (κ3) is 8.08. The molecule has 0 rings (SSSR count). The second-order valence-electron chi connectivity index (χ2n) is 4.95. The lowest BCUT2D eigenvalue weighted by Gasteiger charge is -2.22. The quantitative estimate of drug-likeness (QED) is 0.155. The topological polar surface area (TPSA) is 27.7 Å². The van der Waals surface area contributed by atoms with Crippen molar-refractivity contribution in [3.8, 4) is 0 Å². The molecule has 0 amide bonds. The minimum absolute atomic E-state index is 0.104. The molecule has 3 nitrogen and oxygen atoms in total. The maximum absolute atomic E-state index is 5.78. The fraction of sp³-hybridized carbons (Fsp3) is 0.667. The highest BCUT2D eigenvalue weighted by atomic mass is 17.2. The zero-order valence-electron chi connectivity index (χ0n) is 14.4. The zero-order chi connectivity index (χ0) is 16.1. The van der Waals surface area contributed by atoms with Crippen molar-refractivity contribution in [3.63, 3.8) is 0 Å². The van der Waals surface area contributed by atoms with Gasteiger partial charge in [-0.3, -0.25) is 0 Å². The van der Waals surface area contributed by atoms with Gasteiger partial charge < -0.3 is 4.74 Å². The van der Waals surface area contributed by atoms with E-state index in [1.165, 1.54) is 11.1 Å². The van der Waals surface area contributed by atoms with E-state index in [1.807, 2.05) is 13.0 Å². The van der Waals surface area contributed by atoms with E-state index in [0.717, 1.165) is 25.7 Å². The summed E-state index contributed by atoms with van der Waals surface area (Å²) in [6.07, 6.45) is 9.07. The number of allylic oxidation sites excluding steroid dienone is 2. The molecule has 0 spiro atoms. The zero-order valence-corrected chi connectivity index (χ0v) is 14.4. The first-order valence-corrected chi connectivity index (χ1v) is 8.04. The van der Waals surface area contributed by atoms with Crippen LogP contribution in [0.1, 0.15) is 60.3 Å². The van der Waals surface area contributed by atoms with Crippen molar-refractivity contribution in [3.05, 3.63) is 36.1 Å². The molecule has 21 heavy (non-hydrogen) atoms. The minimum atomic E-state index is -0.449. The van der Waals surface area contributed by atoms with Crippen LogP contribution in [0.4, 0.5) is 0 Å². The molecular weight excluding hydrogens is 264 g/mol. The molecule has 3 heteroatoms. The van der Waals surface area contributed by atoms with Crippen LogP contribution in [-0.2, 0) is 14.5 Å². The summed E-state index contributed by atoms with van der Waals surface area (Å²) in [6, 6.07) is 0. The standard InChI is InChI=1S/C18H32O3/c1-7-15(8-2)13-19-18(17(11-5)12-6)21-20-14-16(9-3)10-4/h9,11,13,17-18H,5,7-8,10,12,14H2,1-4,6H3. The summed E-state index contributed by atoms with van der Waals surface area (Å²) in [6.45, 7) is 14.7. The van der Waals surface area contributed by atoms with Crippen molar-refractivity contribution in [2.45, 2.75) is 66.6 Å². The summed E-state index contributed by atoms with van der Waals surface area (Å²) >= 11 is 0. The summed E-state index contributed by atoms with van der Waals surface area (Å²) in [5.74, 6) is 0.104. The molecular formula is C18H32O3. The van der Waals surface area contributed by atoms with Gasteiger partial charge in [-0.1, -0.05) is 39.8 Å². The van der Waals surface area contributed by atoms with Gasteiger partial charge in [-0.25, -0.2) is 4.89 Å². The smallest absolute Gasteiger partial charge is 0.236 e. The van der Waals surface area contributed by atoms with Gasteiger partial charge in [0.15, 0.2) is 0 Å². The molecule has 0 N–H and O–H groups in total. The van der Waals surface area contributed by atoms with E-state index in [4.69, 9.17) is 14.5 Å². The lowest BCUT2D eigenvalue weighted by atomic mass is 10.1. The highest BCUT2D eigenvalue weighted by Crippen LogP contribution is 2.18. The van der Waals surface area contributed by atoms with Gasteiger partial charge in [0, 0.05) is 5.92 Å². The van der Waals surface area contributed by atoms with Crippen molar-refractivity contribution in [1.82, 2.24) is 0 Å². The van der Waals surface area contributed by atoms with Crippen molar-refractivity contribution < 1.29 is 14.5 Å². The van der Waals surface area contributed by atoms with Crippen LogP contribution in [0.5, 0.6) is 0 Å². The molecule has 0 aliphatic carbocycles. The predicted molar refractivity (Wildman–Crippen MR) is 88.6 cm³/mol. The van der Waals surface area contributed by atoms with E-state index in [1.54, 1.807) is 6.26 Å². The number of rotatable bonds is 12. The molecule has 0 aliphatic heterocycles. The molecule has 0 heterocycles. The van der Waals surface area contributed by atoms with Gasteiger partial charge in [0.05, 0.1) is 6.26 Å². The lowest BCUT2D eigenvalue weighted by Crippen LogP contribution is -2.24. The van der Waals surface area contributed by atoms with E-state index in [2.05, 4.69) is 40.3 Å². The van der Waals surface area contributed by atoms with E-state index in [0.29, 0.717) is 6.61 Å². The van der Waals surface area contributed by atoms with Crippen LogP contribution in [0.15, 0.2) is 36.1 Å². The first-order chi connectivity index (χ1) is 10.2. The lowest BCUT2D eigenvalue weighted by molar-refractivity contribution is -0.374. The fourth-order valence-corrected chi connectivity index (χ4v) is 1.81. The van der Waals surface area contributed by atoms with Gasteiger partial charge in [0.2, 0.25) is 6.29 Å². The maximum Gasteiger partial charge on any atom is 0.236 e. The van der Waals surface area contributed by atoms with Gasteiger partial charge >= 0.3 is 0 Å². The van der Waals surface area contributed by atoms with Crippen molar-refractivity contribution in [2.24, 2.45) is 5.92 Å². The molecule has 2 unspecified atom stereocenters. The third-order valence-corrected chi connectivity index (χ3v) is 3.67. The van der Waals surface area contributed by atoms with E-state index in [-0.39, 0.29) is 5.92 Å². The largest absolute Gasteiger partial charge is 0.469 e. The molecule has 0 fully saturated rings. The van der Waals surface area contributed by atoms with E-state index in [9.17, 15) is 0 Å². The Morgan fingerprint density at radius 3 is 2.10 bits per heavy atom. The number of ether oxygens (including phenoxy) is 1. The van der Waals surface area contributed by atoms with Crippen molar-refractivity contribution in [2.75, 3.05) is 6.61 Å². The summed E-state index contributed by atoms with van der Waals surface area (Å²) in [5, 5.41) is 0. The Morgan fingerprint density at radius 2 is 1.67 bits per heavy atom.